The Hall–Kier alpha value is -1.44. The van der Waals surface area contributed by atoms with Crippen LogP contribution in [0.1, 0.15) is 12.8 Å². The van der Waals surface area contributed by atoms with Crippen LogP contribution in [0.4, 0.5) is 0 Å². The molecule has 2 heterocycles. The molecule has 1 aliphatic rings. The number of para-hydroxylation sites is 2. The maximum atomic E-state index is 12.6. The molecule has 0 radical (unpaired) electrons. The Morgan fingerprint density at radius 1 is 1.40 bits per heavy atom. The van der Waals surface area contributed by atoms with E-state index in [9.17, 15) is 8.42 Å². The fourth-order valence-corrected chi connectivity index (χ4v) is 4.01. The number of aromatic nitrogens is 2. The lowest BCUT2D eigenvalue weighted by molar-refractivity contribution is 0.291. The molecule has 0 unspecified atom stereocenters. The van der Waals surface area contributed by atoms with Crippen LogP contribution >= 0.6 is 0 Å². The van der Waals surface area contributed by atoms with E-state index in [-0.39, 0.29) is 11.2 Å². The highest BCUT2D eigenvalue weighted by molar-refractivity contribution is 7.89. The molecule has 20 heavy (non-hydrogen) atoms. The van der Waals surface area contributed by atoms with Gasteiger partial charge in [-0.3, -0.25) is 0 Å². The highest BCUT2D eigenvalue weighted by atomic mass is 32.2. The summed E-state index contributed by atoms with van der Waals surface area (Å²) in [5, 5.41) is 3.18. The lowest BCUT2D eigenvalue weighted by atomic mass is 10.1. The number of nitrogens with one attached hydrogen (secondary N) is 2. The first-order valence-electron chi connectivity index (χ1n) is 6.73. The van der Waals surface area contributed by atoms with Crippen LogP contribution < -0.4 is 5.32 Å². The zero-order valence-corrected chi connectivity index (χ0v) is 12.2. The van der Waals surface area contributed by atoms with Crippen LogP contribution in [0.3, 0.4) is 0 Å². The summed E-state index contributed by atoms with van der Waals surface area (Å²) in [6, 6.07) is 7.54. The number of imidazole rings is 1. The lowest BCUT2D eigenvalue weighted by Gasteiger charge is -2.30. The van der Waals surface area contributed by atoms with Gasteiger partial charge in [0.15, 0.2) is 0 Å². The lowest BCUT2D eigenvalue weighted by Crippen LogP contribution is -2.47. The summed E-state index contributed by atoms with van der Waals surface area (Å²) in [4.78, 5) is 7.11. The first kappa shape index (κ1) is 13.5. The van der Waals surface area contributed by atoms with Crippen LogP contribution in [0.25, 0.3) is 11.0 Å². The summed E-state index contributed by atoms with van der Waals surface area (Å²) < 4.78 is 26.8. The molecular weight excluding hydrogens is 276 g/mol. The van der Waals surface area contributed by atoms with E-state index in [0.29, 0.717) is 18.6 Å². The summed E-state index contributed by atoms with van der Waals surface area (Å²) in [7, 11) is -1.68. The maximum Gasteiger partial charge on any atom is 0.276 e. The van der Waals surface area contributed by atoms with Gasteiger partial charge in [-0.25, -0.2) is 13.4 Å². The molecule has 1 fully saturated rings. The molecule has 1 aromatic heterocycles. The number of hydrogen-bond acceptors (Lipinski definition) is 4. The van der Waals surface area contributed by atoms with Gasteiger partial charge in [-0.1, -0.05) is 12.1 Å². The molecule has 1 saturated heterocycles. The molecule has 1 aliphatic heterocycles. The second kappa shape index (κ2) is 5.16. The Kier molecular flexibility index (Phi) is 3.49. The van der Waals surface area contributed by atoms with Crippen molar-refractivity contribution in [3.63, 3.8) is 0 Å². The Balaban J connectivity index is 1.94. The molecule has 1 aromatic carbocycles. The minimum Gasteiger partial charge on any atom is -0.328 e. The summed E-state index contributed by atoms with van der Waals surface area (Å²) >= 11 is 0. The molecule has 1 atom stereocenters. The predicted molar refractivity (Wildman–Crippen MR) is 76.9 cm³/mol. The third-order valence-electron chi connectivity index (χ3n) is 3.74. The van der Waals surface area contributed by atoms with E-state index in [1.54, 1.807) is 6.07 Å². The quantitative estimate of drug-likeness (QED) is 0.883. The molecule has 3 rings (SSSR count). The van der Waals surface area contributed by atoms with Gasteiger partial charge in [0.2, 0.25) is 5.16 Å². The zero-order chi connectivity index (χ0) is 14.2. The average molecular weight is 294 g/mol. The Morgan fingerprint density at radius 2 is 2.20 bits per heavy atom. The molecular formula is C13H18N4O2S. The second-order valence-electron chi connectivity index (χ2n) is 5.05. The molecule has 0 aliphatic carbocycles. The number of aromatic amines is 1. The molecule has 0 spiro atoms. The number of likely N-dealkylation sites (N-methyl/N-ethyl adjacent to an activating group) is 1. The fourth-order valence-electron chi connectivity index (χ4n) is 2.57. The van der Waals surface area contributed by atoms with Crippen LogP contribution in [0.15, 0.2) is 29.4 Å². The first-order valence-corrected chi connectivity index (χ1v) is 8.17. The number of hydrogen-bond donors (Lipinski definition) is 2. The van der Waals surface area contributed by atoms with E-state index in [0.717, 1.165) is 18.4 Å². The standard InChI is InChI=1S/C13H18N4O2S/c1-14-10-5-4-8-17(9-10)20(18,19)13-15-11-6-2-3-7-12(11)16-13/h2-3,6-7,10,14H,4-5,8-9H2,1H3,(H,15,16)/t10-/m1/s1. The van der Waals surface area contributed by atoms with Gasteiger partial charge in [0.05, 0.1) is 11.0 Å². The first-order chi connectivity index (χ1) is 9.61. The van der Waals surface area contributed by atoms with E-state index >= 15 is 0 Å². The van der Waals surface area contributed by atoms with Crippen molar-refractivity contribution >= 4 is 21.1 Å². The van der Waals surface area contributed by atoms with Gasteiger partial charge in [0.25, 0.3) is 10.0 Å². The molecule has 2 aromatic rings. The number of sulfonamides is 1. The number of nitrogens with zero attached hydrogens (tertiary/aromatic N) is 2. The highest BCUT2D eigenvalue weighted by Gasteiger charge is 2.31. The topological polar surface area (TPSA) is 78.1 Å². The zero-order valence-electron chi connectivity index (χ0n) is 11.3. The number of fused-ring (bicyclic) bond motifs is 1. The molecule has 7 heteroatoms. The van der Waals surface area contributed by atoms with E-state index in [2.05, 4.69) is 15.3 Å². The van der Waals surface area contributed by atoms with Crippen molar-refractivity contribution in [1.82, 2.24) is 19.6 Å². The monoisotopic (exact) mass is 294 g/mol. The van der Waals surface area contributed by atoms with Gasteiger partial charge in [-0.05, 0) is 32.0 Å². The SMILES string of the molecule is CN[C@@H]1CCCN(S(=O)(=O)c2nc3ccccc3[nH]2)C1. The van der Waals surface area contributed by atoms with Crippen molar-refractivity contribution in [2.45, 2.75) is 24.0 Å². The van der Waals surface area contributed by atoms with Crippen molar-refractivity contribution in [2.24, 2.45) is 0 Å². The molecule has 0 amide bonds. The fraction of sp³-hybridized carbons (Fsp3) is 0.462. The molecule has 108 valence electrons. The van der Waals surface area contributed by atoms with E-state index in [4.69, 9.17) is 0 Å². The Morgan fingerprint density at radius 3 is 2.95 bits per heavy atom. The van der Waals surface area contributed by atoms with Crippen LogP contribution in [0.5, 0.6) is 0 Å². The summed E-state index contributed by atoms with van der Waals surface area (Å²) in [5.41, 5.74) is 1.42. The minimum absolute atomic E-state index is 0.0375. The van der Waals surface area contributed by atoms with Crippen LogP contribution in [-0.4, -0.2) is 48.9 Å². The van der Waals surface area contributed by atoms with Crippen molar-refractivity contribution < 1.29 is 8.42 Å². The summed E-state index contributed by atoms with van der Waals surface area (Å²) in [5.74, 6) is 0. The van der Waals surface area contributed by atoms with Gasteiger partial charge in [-0.2, -0.15) is 4.31 Å². The normalized spacial score (nSPS) is 21.4. The molecule has 0 bridgehead atoms. The third-order valence-corrected chi connectivity index (χ3v) is 5.44. The van der Waals surface area contributed by atoms with Crippen LogP contribution in [0.2, 0.25) is 0 Å². The van der Waals surface area contributed by atoms with Crippen molar-refractivity contribution in [3.05, 3.63) is 24.3 Å². The third kappa shape index (κ3) is 2.32. The van der Waals surface area contributed by atoms with Crippen LogP contribution in [-0.2, 0) is 10.0 Å². The molecule has 2 N–H and O–H groups in total. The summed E-state index contributed by atoms with van der Waals surface area (Å²) in [6.07, 6.45) is 1.87. The predicted octanol–water partition coefficient (Wildman–Crippen LogP) is 0.935. The number of benzene rings is 1. The minimum atomic E-state index is -3.54. The van der Waals surface area contributed by atoms with Crippen molar-refractivity contribution in [3.8, 4) is 0 Å². The average Bonchev–Trinajstić information content (AvgIpc) is 2.92. The number of rotatable bonds is 3. The maximum absolute atomic E-state index is 12.6. The Bertz CT molecular complexity index is 677. The van der Waals surface area contributed by atoms with Crippen molar-refractivity contribution in [2.75, 3.05) is 20.1 Å². The molecule has 6 nitrogen and oxygen atoms in total. The number of H-pyrrole nitrogens is 1. The smallest absolute Gasteiger partial charge is 0.276 e. The second-order valence-corrected chi connectivity index (χ2v) is 6.90. The Labute approximate surface area is 118 Å². The van der Waals surface area contributed by atoms with Gasteiger partial charge in [0, 0.05) is 19.1 Å². The van der Waals surface area contributed by atoms with E-state index < -0.39 is 10.0 Å². The van der Waals surface area contributed by atoms with Crippen LogP contribution in [0, 0.1) is 0 Å². The van der Waals surface area contributed by atoms with Gasteiger partial charge in [-0.15, -0.1) is 0 Å². The van der Waals surface area contributed by atoms with Crippen molar-refractivity contribution in [1.29, 1.82) is 0 Å². The molecule has 0 saturated carbocycles. The number of piperidine rings is 1. The van der Waals surface area contributed by atoms with Gasteiger partial charge >= 0.3 is 0 Å². The summed E-state index contributed by atoms with van der Waals surface area (Å²) in [6.45, 7) is 1.05. The van der Waals surface area contributed by atoms with Gasteiger partial charge in [0.1, 0.15) is 0 Å². The van der Waals surface area contributed by atoms with Gasteiger partial charge < -0.3 is 10.3 Å². The van der Waals surface area contributed by atoms with E-state index in [1.807, 2.05) is 25.2 Å². The van der Waals surface area contributed by atoms with E-state index in [1.165, 1.54) is 4.31 Å². The largest absolute Gasteiger partial charge is 0.328 e. The highest BCUT2D eigenvalue weighted by Crippen LogP contribution is 2.21.